The van der Waals surface area contributed by atoms with E-state index < -0.39 is 28.0 Å². The number of halogens is 1. The van der Waals surface area contributed by atoms with Gasteiger partial charge in [0.2, 0.25) is 0 Å². The number of nitrogens with zero attached hydrogens (tertiary/aromatic N) is 3. The van der Waals surface area contributed by atoms with Crippen LogP contribution in [0.1, 0.15) is 23.0 Å². The summed E-state index contributed by atoms with van der Waals surface area (Å²) in [6.07, 6.45) is -1.26. The Morgan fingerprint density at radius 3 is 2.20 bits per heavy atom. The molecule has 2 heterocycles. The number of fused-ring (bicyclic) bond motifs is 1. The Morgan fingerprint density at radius 2 is 1.57 bits per heavy atom. The van der Waals surface area contributed by atoms with Gasteiger partial charge < -0.3 is 14.6 Å². The van der Waals surface area contributed by atoms with Crippen molar-refractivity contribution in [2.24, 2.45) is 7.05 Å². The highest BCUT2D eigenvalue weighted by atomic mass is 35.5. The molecule has 0 bridgehead atoms. The molecule has 3 aromatic carbocycles. The van der Waals surface area contributed by atoms with Crippen LogP contribution in [0.25, 0.3) is 21.9 Å². The summed E-state index contributed by atoms with van der Waals surface area (Å²) < 4.78 is 34.4. The molecule has 0 aliphatic rings. The van der Waals surface area contributed by atoms with Crippen molar-refractivity contribution in [1.82, 2.24) is 14.8 Å². The molecule has 0 aliphatic heterocycles. The Labute approximate surface area is 257 Å². The first-order valence-corrected chi connectivity index (χ1v) is 15.1. The standard InChI is InChI=1S/C31H26ClN5O6S/c1-18-8-10-20(11-9-18)27-23-6-4-5-7-24(23)30(39)37(3)28(27)31(40)43-19(2)29(38)33-21-12-14-22(15-13-21)44(41,42)36-26-17-16-25(32)34-35-26/h4-17,19H,1-3H3,(H,33,38)(H,35,36). The van der Waals surface area contributed by atoms with E-state index in [0.29, 0.717) is 21.9 Å². The van der Waals surface area contributed by atoms with Gasteiger partial charge in [0.15, 0.2) is 17.1 Å². The summed E-state index contributed by atoms with van der Waals surface area (Å²) in [5.74, 6) is -1.53. The van der Waals surface area contributed by atoms with E-state index in [1.165, 1.54) is 54.9 Å². The number of rotatable bonds is 8. The number of aromatic nitrogens is 3. The van der Waals surface area contributed by atoms with Gasteiger partial charge in [-0.1, -0.05) is 59.6 Å². The van der Waals surface area contributed by atoms with Crippen LogP contribution in [0.4, 0.5) is 11.5 Å². The topological polar surface area (TPSA) is 149 Å². The number of carbonyl (C=O) groups is 2. The van der Waals surface area contributed by atoms with Crippen LogP contribution in [0, 0.1) is 6.92 Å². The third-order valence-corrected chi connectivity index (χ3v) is 8.37. The highest BCUT2D eigenvalue weighted by molar-refractivity contribution is 7.92. The molecular weight excluding hydrogens is 606 g/mol. The molecule has 1 amide bonds. The summed E-state index contributed by atoms with van der Waals surface area (Å²) in [7, 11) is -2.51. The predicted octanol–water partition coefficient (Wildman–Crippen LogP) is 4.94. The van der Waals surface area contributed by atoms with E-state index in [1.807, 2.05) is 31.2 Å². The van der Waals surface area contributed by atoms with Gasteiger partial charge >= 0.3 is 5.97 Å². The zero-order chi connectivity index (χ0) is 31.6. The smallest absolute Gasteiger partial charge is 0.356 e. The van der Waals surface area contributed by atoms with Gasteiger partial charge in [0.25, 0.3) is 21.5 Å². The van der Waals surface area contributed by atoms with Gasteiger partial charge in [0.05, 0.1) is 4.90 Å². The van der Waals surface area contributed by atoms with Crippen LogP contribution in [0.2, 0.25) is 5.15 Å². The van der Waals surface area contributed by atoms with Gasteiger partial charge in [-0.3, -0.25) is 14.3 Å². The molecule has 1 unspecified atom stereocenters. The zero-order valence-electron chi connectivity index (χ0n) is 23.7. The van der Waals surface area contributed by atoms with Crippen LogP contribution in [-0.4, -0.2) is 41.2 Å². The normalized spacial score (nSPS) is 12.0. The molecule has 5 aromatic rings. The van der Waals surface area contributed by atoms with Crippen molar-refractivity contribution in [1.29, 1.82) is 0 Å². The second-order valence-corrected chi connectivity index (χ2v) is 12.0. The van der Waals surface area contributed by atoms with Crippen LogP contribution in [0.15, 0.2) is 94.6 Å². The maximum Gasteiger partial charge on any atom is 0.356 e. The molecule has 13 heteroatoms. The molecule has 2 N–H and O–H groups in total. The number of carbonyl (C=O) groups excluding carboxylic acids is 2. The molecule has 224 valence electrons. The quantitative estimate of drug-likeness (QED) is 0.229. The molecule has 0 aliphatic carbocycles. The van der Waals surface area contributed by atoms with Crippen molar-refractivity contribution in [3.05, 3.63) is 112 Å². The summed E-state index contributed by atoms with van der Waals surface area (Å²) in [5, 5.41) is 11.0. The fourth-order valence-electron chi connectivity index (χ4n) is 4.51. The van der Waals surface area contributed by atoms with Gasteiger partial charge in [-0.25, -0.2) is 13.2 Å². The Balaban J connectivity index is 1.35. The molecule has 0 saturated carbocycles. The zero-order valence-corrected chi connectivity index (χ0v) is 25.3. The van der Waals surface area contributed by atoms with Crippen LogP contribution in [0.3, 0.4) is 0 Å². The van der Waals surface area contributed by atoms with E-state index in [-0.39, 0.29) is 32.8 Å². The van der Waals surface area contributed by atoms with Crippen molar-refractivity contribution in [2.45, 2.75) is 24.8 Å². The molecular formula is C31H26ClN5O6S. The summed E-state index contributed by atoms with van der Waals surface area (Å²) in [6.45, 7) is 3.34. The molecule has 5 rings (SSSR count). The van der Waals surface area contributed by atoms with Gasteiger partial charge in [0.1, 0.15) is 5.69 Å². The van der Waals surface area contributed by atoms with Crippen LogP contribution in [-0.2, 0) is 26.6 Å². The second kappa shape index (κ2) is 12.3. The largest absolute Gasteiger partial charge is 0.448 e. The highest BCUT2D eigenvalue weighted by Crippen LogP contribution is 2.31. The molecule has 44 heavy (non-hydrogen) atoms. The number of esters is 1. The Hall–Kier alpha value is -5.07. The van der Waals surface area contributed by atoms with Crippen molar-refractivity contribution in [3.8, 4) is 11.1 Å². The van der Waals surface area contributed by atoms with Gasteiger partial charge in [-0.05, 0) is 67.3 Å². The van der Waals surface area contributed by atoms with Gasteiger partial charge in [-0.15, -0.1) is 10.2 Å². The SMILES string of the molecule is Cc1ccc(-c2c(C(=O)OC(C)C(=O)Nc3ccc(S(=O)(=O)Nc4ccc(Cl)nn4)cc3)n(C)c(=O)c3ccccc23)cc1. The van der Waals surface area contributed by atoms with Crippen LogP contribution >= 0.6 is 11.6 Å². The minimum absolute atomic E-state index is 0.00430. The first-order valence-electron chi connectivity index (χ1n) is 13.3. The van der Waals surface area contributed by atoms with Crippen LogP contribution < -0.4 is 15.6 Å². The van der Waals surface area contributed by atoms with Crippen molar-refractivity contribution >= 4 is 55.8 Å². The van der Waals surface area contributed by atoms with E-state index >= 15 is 0 Å². The minimum atomic E-state index is -3.99. The van der Waals surface area contributed by atoms with Crippen LogP contribution in [0.5, 0.6) is 0 Å². The van der Waals surface area contributed by atoms with Crippen molar-refractivity contribution in [2.75, 3.05) is 10.0 Å². The molecule has 11 nitrogen and oxygen atoms in total. The third kappa shape index (κ3) is 6.31. The third-order valence-electron chi connectivity index (χ3n) is 6.79. The number of benzene rings is 3. The predicted molar refractivity (Wildman–Crippen MR) is 167 cm³/mol. The Kier molecular flexibility index (Phi) is 8.47. The minimum Gasteiger partial charge on any atom is -0.448 e. The lowest BCUT2D eigenvalue weighted by atomic mass is 9.96. The molecule has 0 radical (unpaired) electrons. The lowest BCUT2D eigenvalue weighted by Crippen LogP contribution is -2.33. The van der Waals surface area contributed by atoms with Crippen molar-refractivity contribution in [3.63, 3.8) is 0 Å². The number of pyridine rings is 1. The average Bonchev–Trinajstić information content (AvgIpc) is 3.00. The number of anilines is 2. The first kappa shape index (κ1) is 30.4. The number of amides is 1. The molecule has 0 fully saturated rings. The maximum atomic E-state index is 13.6. The van der Waals surface area contributed by atoms with E-state index in [4.69, 9.17) is 16.3 Å². The monoisotopic (exact) mass is 631 g/mol. The number of hydrogen-bond donors (Lipinski definition) is 2. The average molecular weight is 632 g/mol. The molecule has 0 saturated heterocycles. The Bertz CT molecular complexity index is 2050. The first-order chi connectivity index (χ1) is 20.9. The Morgan fingerprint density at radius 1 is 0.909 bits per heavy atom. The molecule has 1 atom stereocenters. The highest BCUT2D eigenvalue weighted by Gasteiger charge is 2.26. The van der Waals surface area contributed by atoms with E-state index in [0.717, 1.165) is 5.56 Å². The number of sulfonamides is 1. The van der Waals surface area contributed by atoms with Gasteiger partial charge in [-0.2, -0.15) is 0 Å². The molecule has 0 spiro atoms. The fourth-order valence-corrected chi connectivity index (χ4v) is 5.61. The van der Waals surface area contributed by atoms with Gasteiger partial charge in [0, 0.05) is 23.7 Å². The van der Waals surface area contributed by atoms with E-state index in [2.05, 4.69) is 20.2 Å². The number of ether oxygens (including phenoxy) is 1. The summed E-state index contributed by atoms with van der Waals surface area (Å²) in [6, 6.07) is 22.6. The fraction of sp³-hybridized carbons (Fsp3) is 0.129. The maximum absolute atomic E-state index is 13.6. The molecule has 2 aromatic heterocycles. The second-order valence-electron chi connectivity index (χ2n) is 9.91. The summed E-state index contributed by atoms with van der Waals surface area (Å²) in [4.78, 5) is 39.6. The van der Waals surface area contributed by atoms with E-state index in [9.17, 15) is 22.8 Å². The van der Waals surface area contributed by atoms with E-state index in [1.54, 1.807) is 24.3 Å². The number of hydrogen-bond acceptors (Lipinski definition) is 8. The number of nitrogens with one attached hydrogen (secondary N) is 2. The lowest BCUT2D eigenvalue weighted by Gasteiger charge is -2.19. The lowest BCUT2D eigenvalue weighted by molar-refractivity contribution is -0.123. The summed E-state index contributed by atoms with van der Waals surface area (Å²) in [5.41, 5.74) is 2.13. The van der Waals surface area contributed by atoms with Crippen molar-refractivity contribution < 1.29 is 22.7 Å². The number of aryl methyl sites for hydroxylation is 1. The summed E-state index contributed by atoms with van der Waals surface area (Å²) >= 11 is 5.68.